The summed E-state index contributed by atoms with van der Waals surface area (Å²) in [6, 6.07) is 12.3. The molecular formula is C20H22N6. The molecule has 0 aliphatic heterocycles. The summed E-state index contributed by atoms with van der Waals surface area (Å²) in [6.07, 6.45) is 10.3. The van der Waals surface area contributed by atoms with E-state index in [4.69, 9.17) is 4.98 Å². The minimum absolute atomic E-state index is 0.464. The second-order valence-electron chi connectivity index (χ2n) is 6.50. The molecule has 1 saturated carbocycles. The molecule has 4 rings (SSSR count). The molecule has 6 nitrogen and oxygen atoms in total. The van der Waals surface area contributed by atoms with E-state index in [9.17, 15) is 0 Å². The molecule has 0 spiro atoms. The van der Waals surface area contributed by atoms with E-state index in [0.29, 0.717) is 18.5 Å². The monoisotopic (exact) mass is 346 g/mol. The zero-order chi connectivity index (χ0) is 17.6. The molecule has 1 aliphatic rings. The van der Waals surface area contributed by atoms with Crippen LogP contribution in [0.15, 0.2) is 55.0 Å². The van der Waals surface area contributed by atoms with Gasteiger partial charge in [0.2, 0.25) is 5.95 Å². The van der Waals surface area contributed by atoms with Gasteiger partial charge in [0.1, 0.15) is 5.82 Å². The maximum Gasteiger partial charge on any atom is 0.225 e. The highest BCUT2D eigenvalue weighted by Crippen LogP contribution is 2.24. The lowest BCUT2D eigenvalue weighted by molar-refractivity contribution is 0.744. The molecule has 0 unspecified atom stereocenters. The van der Waals surface area contributed by atoms with E-state index in [1.54, 1.807) is 18.6 Å². The molecule has 132 valence electrons. The molecule has 0 aromatic carbocycles. The first kappa shape index (κ1) is 16.4. The van der Waals surface area contributed by atoms with Crippen molar-refractivity contribution in [2.24, 2.45) is 0 Å². The van der Waals surface area contributed by atoms with Gasteiger partial charge in [-0.05, 0) is 37.1 Å². The van der Waals surface area contributed by atoms with E-state index in [2.05, 4.69) is 25.6 Å². The lowest BCUT2D eigenvalue weighted by atomic mass is 10.2. The van der Waals surface area contributed by atoms with Gasteiger partial charge in [-0.2, -0.15) is 4.98 Å². The molecule has 0 bridgehead atoms. The lowest BCUT2D eigenvalue weighted by Crippen LogP contribution is -2.17. The number of hydrogen-bond donors (Lipinski definition) is 2. The zero-order valence-corrected chi connectivity index (χ0v) is 14.6. The fourth-order valence-corrected chi connectivity index (χ4v) is 3.21. The van der Waals surface area contributed by atoms with Crippen molar-refractivity contribution in [3.8, 4) is 11.3 Å². The first-order valence-corrected chi connectivity index (χ1v) is 9.06. The molecule has 0 amide bonds. The van der Waals surface area contributed by atoms with Crippen LogP contribution < -0.4 is 10.6 Å². The van der Waals surface area contributed by atoms with Gasteiger partial charge in [0, 0.05) is 36.3 Å². The maximum atomic E-state index is 4.72. The fourth-order valence-electron chi connectivity index (χ4n) is 3.21. The highest BCUT2D eigenvalue weighted by atomic mass is 15.2. The Hall–Kier alpha value is -3.02. The molecule has 26 heavy (non-hydrogen) atoms. The van der Waals surface area contributed by atoms with Gasteiger partial charge in [-0.3, -0.25) is 9.97 Å². The second kappa shape index (κ2) is 7.91. The summed E-state index contributed by atoms with van der Waals surface area (Å²) in [4.78, 5) is 17.8. The number of rotatable bonds is 6. The first-order valence-electron chi connectivity index (χ1n) is 9.06. The molecule has 1 aliphatic carbocycles. The predicted molar refractivity (Wildman–Crippen MR) is 103 cm³/mol. The van der Waals surface area contributed by atoms with Crippen molar-refractivity contribution in [2.45, 2.75) is 38.3 Å². The summed E-state index contributed by atoms with van der Waals surface area (Å²) in [7, 11) is 0. The highest BCUT2D eigenvalue weighted by Gasteiger charge is 2.16. The van der Waals surface area contributed by atoms with Crippen molar-refractivity contribution in [2.75, 3.05) is 10.6 Å². The Balaban J connectivity index is 1.58. The van der Waals surface area contributed by atoms with Crippen molar-refractivity contribution in [3.63, 3.8) is 0 Å². The van der Waals surface area contributed by atoms with E-state index < -0.39 is 0 Å². The van der Waals surface area contributed by atoms with Crippen LogP contribution in [-0.2, 0) is 6.54 Å². The van der Waals surface area contributed by atoms with Gasteiger partial charge in [0.15, 0.2) is 0 Å². The molecule has 3 aromatic rings. The van der Waals surface area contributed by atoms with Crippen molar-refractivity contribution >= 4 is 11.8 Å². The van der Waals surface area contributed by atoms with Gasteiger partial charge in [-0.15, -0.1) is 0 Å². The third-order valence-corrected chi connectivity index (χ3v) is 4.57. The van der Waals surface area contributed by atoms with Crippen LogP contribution in [0, 0.1) is 0 Å². The van der Waals surface area contributed by atoms with Crippen LogP contribution >= 0.6 is 0 Å². The van der Waals surface area contributed by atoms with Gasteiger partial charge in [-0.25, -0.2) is 4.98 Å². The van der Waals surface area contributed by atoms with Crippen LogP contribution in [0.25, 0.3) is 11.3 Å². The Morgan fingerprint density at radius 1 is 0.962 bits per heavy atom. The molecule has 0 atom stereocenters. The second-order valence-corrected chi connectivity index (χ2v) is 6.50. The Kier molecular flexibility index (Phi) is 5.00. The van der Waals surface area contributed by atoms with Crippen LogP contribution in [-0.4, -0.2) is 26.0 Å². The van der Waals surface area contributed by atoms with Crippen LogP contribution in [0.4, 0.5) is 11.8 Å². The smallest absolute Gasteiger partial charge is 0.225 e. The molecule has 3 aromatic heterocycles. The van der Waals surface area contributed by atoms with E-state index in [1.807, 2.05) is 36.4 Å². The average molecular weight is 346 g/mol. The van der Waals surface area contributed by atoms with Gasteiger partial charge in [0.05, 0.1) is 17.9 Å². The Morgan fingerprint density at radius 2 is 1.81 bits per heavy atom. The predicted octanol–water partition coefficient (Wildman–Crippen LogP) is 3.90. The third kappa shape index (κ3) is 4.14. The summed E-state index contributed by atoms with van der Waals surface area (Å²) in [5, 5.41) is 6.86. The Bertz CT molecular complexity index is 831. The molecule has 6 heteroatoms. The largest absolute Gasteiger partial charge is 0.364 e. The van der Waals surface area contributed by atoms with E-state index in [0.717, 1.165) is 22.8 Å². The quantitative estimate of drug-likeness (QED) is 0.705. The van der Waals surface area contributed by atoms with E-state index in [1.165, 1.54) is 25.7 Å². The van der Waals surface area contributed by atoms with Gasteiger partial charge in [-0.1, -0.05) is 18.9 Å². The van der Waals surface area contributed by atoms with Crippen molar-refractivity contribution < 1.29 is 0 Å². The fraction of sp³-hybridized carbons (Fsp3) is 0.300. The summed E-state index contributed by atoms with van der Waals surface area (Å²) in [5.41, 5.74) is 2.88. The lowest BCUT2D eigenvalue weighted by Gasteiger charge is -2.15. The van der Waals surface area contributed by atoms with Crippen LogP contribution in [0.5, 0.6) is 0 Å². The molecule has 3 heterocycles. The Morgan fingerprint density at radius 3 is 2.58 bits per heavy atom. The average Bonchev–Trinajstić information content (AvgIpc) is 3.21. The number of anilines is 2. The van der Waals surface area contributed by atoms with Crippen molar-refractivity contribution in [1.29, 1.82) is 0 Å². The Labute approximate surface area is 153 Å². The normalized spacial score (nSPS) is 14.3. The van der Waals surface area contributed by atoms with E-state index >= 15 is 0 Å². The summed E-state index contributed by atoms with van der Waals surface area (Å²) in [5.74, 6) is 1.47. The molecule has 1 fully saturated rings. The number of nitrogens with zero attached hydrogens (tertiary/aromatic N) is 4. The summed E-state index contributed by atoms with van der Waals surface area (Å²) >= 11 is 0. The molecule has 0 radical (unpaired) electrons. The number of pyridine rings is 2. The van der Waals surface area contributed by atoms with Crippen LogP contribution in [0.2, 0.25) is 0 Å². The summed E-state index contributed by atoms with van der Waals surface area (Å²) < 4.78 is 0. The van der Waals surface area contributed by atoms with E-state index in [-0.39, 0.29) is 0 Å². The van der Waals surface area contributed by atoms with Gasteiger partial charge in [0.25, 0.3) is 0 Å². The molecule has 0 saturated heterocycles. The SMILES string of the molecule is c1ccc(CNc2cc(-c3ccncc3)nc(NC3CCCC3)n2)nc1. The maximum absolute atomic E-state index is 4.72. The number of hydrogen-bond acceptors (Lipinski definition) is 6. The highest BCUT2D eigenvalue weighted by molar-refractivity contribution is 5.64. The number of nitrogens with one attached hydrogen (secondary N) is 2. The van der Waals surface area contributed by atoms with Crippen LogP contribution in [0.1, 0.15) is 31.4 Å². The standard InChI is InChI=1S/C20H22N6/c1-2-6-16(5-1)24-20-25-18(15-8-11-21-12-9-15)13-19(26-20)23-14-17-7-3-4-10-22-17/h3-4,7-13,16H,1-2,5-6,14H2,(H2,23,24,25,26). The molecular weight excluding hydrogens is 324 g/mol. The van der Waals surface area contributed by atoms with Crippen molar-refractivity contribution in [1.82, 2.24) is 19.9 Å². The minimum atomic E-state index is 0.464. The summed E-state index contributed by atoms with van der Waals surface area (Å²) in [6.45, 7) is 0.622. The molecule has 2 N–H and O–H groups in total. The third-order valence-electron chi connectivity index (χ3n) is 4.57. The van der Waals surface area contributed by atoms with Crippen LogP contribution in [0.3, 0.4) is 0 Å². The zero-order valence-electron chi connectivity index (χ0n) is 14.6. The number of aromatic nitrogens is 4. The van der Waals surface area contributed by atoms with Gasteiger partial charge < -0.3 is 10.6 Å². The minimum Gasteiger partial charge on any atom is -0.364 e. The first-order chi connectivity index (χ1) is 12.9. The van der Waals surface area contributed by atoms with Crippen molar-refractivity contribution in [3.05, 3.63) is 60.7 Å². The topological polar surface area (TPSA) is 75.6 Å². The van der Waals surface area contributed by atoms with Gasteiger partial charge >= 0.3 is 0 Å².